The summed E-state index contributed by atoms with van der Waals surface area (Å²) in [5.41, 5.74) is 3.39. The predicted molar refractivity (Wildman–Crippen MR) is 76.1 cm³/mol. The van der Waals surface area contributed by atoms with Crippen molar-refractivity contribution in [3.8, 4) is 11.3 Å². The summed E-state index contributed by atoms with van der Waals surface area (Å²) < 4.78 is 1.94. The van der Waals surface area contributed by atoms with Crippen LogP contribution in [0.25, 0.3) is 11.3 Å². The summed E-state index contributed by atoms with van der Waals surface area (Å²) in [5.74, 6) is 0. The van der Waals surface area contributed by atoms with E-state index in [2.05, 4.69) is 21.9 Å². The van der Waals surface area contributed by atoms with Gasteiger partial charge in [-0.25, -0.2) is 0 Å². The van der Waals surface area contributed by atoms with E-state index in [0.29, 0.717) is 0 Å². The zero-order valence-corrected chi connectivity index (χ0v) is 11.2. The maximum atomic E-state index is 5.87. The Bertz CT molecular complexity index is 626. The molecule has 90 valence electrons. The van der Waals surface area contributed by atoms with Crippen LogP contribution in [0.1, 0.15) is 5.56 Å². The highest BCUT2D eigenvalue weighted by atomic mass is 35.5. The molecular weight excluding hydrogens is 264 g/mol. The van der Waals surface area contributed by atoms with E-state index in [1.807, 2.05) is 41.2 Å². The third-order valence-electron chi connectivity index (χ3n) is 2.72. The van der Waals surface area contributed by atoms with Gasteiger partial charge in [0.1, 0.15) is 0 Å². The van der Waals surface area contributed by atoms with Gasteiger partial charge in [0.2, 0.25) is 0 Å². The van der Waals surface area contributed by atoms with E-state index in [1.165, 1.54) is 11.1 Å². The minimum Gasteiger partial charge on any atom is -0.268 e. The molecule has 0 amide bonds. The molecule has 0 spiro atoms. The molecule has 0 unspecified atom stereocenters. The normalized spacial score (nSPS) is 10.7. The SMILES string of the molecule is Clc1ccc(Cn2ccc(-c3ccsc3)n2)cc1. The summed E-state index contributed by atoms with van der Waals surface area (Å²) in [6.07, 6.45) is 2.00. The number of rotatable bonds is 3. The van der Waals surface area contributed by atoms with E-state index < -0.39 is 0 Å². The molecule has 0 aliphatic heterocycles. The van der Waals surface area contributed by atoms with Crippen LogP contribution in [-0.2, 0) is 6.54 Å². The third kappa shape index (κ3) is 2.47. The van der Waals surface area contributed by atoms with Crippen molar-refractivity contribution in [2.45, 2.75) is 6.54 Å². The molecule has 2 nitrogen and oxygen atoms in total. The van der Waals surface area contributed by atoms with Gasteiger partial charge in [0.05, 0.1) is 12.2 Å². The van der Waals surface area contributed by atoms with Gasteiger partial charge < -0.3 is 0 Å². The first-order valence-electron chi connectivity index (χ1n) is 5.62. The zero-order chi connectivity index (χ0) is 12.4. The second kappa shape index (κ2) is 4.96. The first kappa shape index (κ1) is 11.5. The minimum atomic E-state index is 0.762. The van der Waals surface area contributed by atoms with Crippen molar-refractivity contribution in [2.75, 3.05) is 0 Å². The smallest absolute Gasteiger partial charge is 0.0931 e. The third-order valence-corrected chi connectivity index (χ3v) is 3.65. The van der Waals surface area contributed by atoms with Crippen LogP contribution in [0.3, 0.4) is 0 Å². The summed E-state index contributed by atoms with van der Waals surface area (Å²) in [7, 11) is 0. The Morgan fingerprint density at radius 2 is 1.94 bits per heavy atom. The number of aromatic nitrogens is 2. The van der Waals surface area contributed by atoms with Crippen molar-refractivity contribution in [2.24, 2.45) is 0 Å². The molecule has 0 fully saturated rings. The van der Waals surface area contributed by atoms with Gasteiger partial charge in [-0.05, 0) is 35.2 Å². The maximum Gasteiger partial charge on any atom is 0.0931 e. The van der Waals surface area contributed by atoms with E-state index >= 15 is 0 Å². The Morgan fingerprint density at radius 3 is 2.67 bits per heavy atom. The first-order chi connectivity index (χ1) is 8.81. The number of nitrogens with zero attached hydrogens (tertiary/aromatic N) is 2. The molecule has 0 saturated carbocycles. The summed E-state index contributed by atoms with van der Waals surface area (Å²) in [4.78, 5) is 0. The van der Waals surface area contributed by atoms with Crippen LogP contribution in [0.5, 0.6) is 0 Å². The molecule has 0 aliphatic rings. The fraction of sp³-hybridized carbons (Fsp3) is 0.0714. The Kier molecular flexibility index (Phi) is 3.17. The van der Waals surface area contributed by atoms with E-state index in [1.54, 1.807) is 11.3 Å². The fourth-order valence-electron chi connectivity index (χ4n) is 1.79. The molecule has 0 bridgehead atoms. The van der Waals surface area contributed by atoms with Crippen LogP contribution < -0.4 is 0 Å². The molecule has 2 aromatic heterocycles. The highest BCUT2D eigenvalue weighted by Gasteiger charge is 2.03. The van der Waals surface area contributed by atoms with Gasteiger partial charge in [-0.1, -0.05) is 23.7 Å². The number of halogens is 1. The topological polar surface area (TPSA) is 17.8 Å². The number of thiophene rings is 1. The zero-order valence-electron chi connectivity index (χ0n) is 9.58. The van der Waals surface area contributed by atoms with Crippen molar-refractivity contribution in [3.63, 3.8) is 0 Å². The Labute approximate surface area is 114 Å². The Hall–Kier alpha value is -1.58. The summed E-state index contributed by atoms with van der Waals surface area (Å²) in [5, 5.41) is 9.49. The molecule has 0 radical (unpaired) electrons. The number of hydrogen-bond acceptors (Lipinski definition) is 2. The number of benzene rings is 1. The molecule has 2 heterocycles. The van der Waals surface area contributed by atoms with Gasteiger partial charge in [-0.3, -0.25) is 4.68 Å². The molecule has 0 atom stereocenters. The molecule has 0 saturated heterocycles. The second-order valence-electron chi connectivity index (χ2n) is 4.04. The van der Waals surface area contributed by atoms with Gasteiger partial charge >= 0.3 is 0 Å². The van der Waals surface area contributed by atoms with Gasteiger partial charge in [-0.2, -0.15) is 16.4 Å². The average molecular weight is 275 g/mol. The fourth-order valence-corrected chi connectivity index (χ4v) is 2.57. The molecule has 0 aliphatic carbocycles. The van der Waals surface area contributed by atoms with E-state index in [0.717, 1.165) is 17.3 Å². The molecule has 0 N–H and O–H groups in total. The van der Waals surface area contributed by atoms with Gasteiger partial charge in [0, 0.05) is 22.2 Å². The monoisotopic (exact) mass is 274 g/mol. The van der Waals surface area contributed by atoms with Crippen molar-refractivity contribution < 1.29 is 0 Å². The lowest BCUT2D eigenvalue weighted by molar-refractivity contribution is 0.689. The standard InChI is InChI=1S/C14H11ClN2S/c15-13-3-1-11(2-4-13)9-17-7-5-14(16-17)12-6-8-18-10-12/h1-8,10H,9H2. The highest BCUT2D eigenvalue weighted by molar-refractivity contribution is 7.08. The lowest BCUT2D eigenvalue weighted by atomic mass is 10.2. The Balaban J connectivity index is 1.80. The van der Waals surface area contributed by atoms with Gasteiger partial charge in [0.15, 0.2) is 0 Å². The lowest BCUT2D eigenvalue weighted by Gasteiger charge is -2.01. The van der Waals surface area contributed by atoms with E-state index in [4.69, 9.17) is 11.6 Å². The molecular formula is C14H11ClN2S. The van der Waals surface area contributed by atoms with E-state index in [-0.39, 0.29) is 0 Å². The predicted octanol–water partition coefficient (Wildman–Crippen LogP) is 4.31. The quantitative estimate of drug-likeness (QED) is 0.696. The van der Waals surface area contributed by atoms with Crippen LogP contribution in [0, 0.1) is 0 Å². The van der Waals surface area contributed by atoms with Crippen LogP contribution in [0.15, 0.2) is 53.4 Å². The van der Waals surface area contributed by atoms with Crippen LogP contribution in [0.4, 0.5) is 0 Å². The van der Waals surface area contributed by atoms with Crippen LogP contribution >= 0.6 is 22.9 Å². The summed E-state index contributed by atoms with van der Waals surface area (Å²) in [6.45, 7) is 0.765. The van der Waals surface area contributed by atoms with Gasteiger partial charge in [-0.15, -0.1) is 0 Å². The average Bonchev–Trinajstić information content (AvgIpc) is 3.02. The summed E-state index contributed by atoms with van der Waals surface area (Å²) in [6, 6.07) is 12.0. The van der Waals surface area contributed by atoms with Crippen molar-refractivity contribution in [1.29, 1.82) is 0 Å². The lowest BCUT2D eigenvalue weighted by Crippen LogP contribution is -1.99. The molecule has 1 aromatic carbocycles. The molecule has 18 heavy (non-hydrogen) atoms. The van der Waals surface area contributed by atoms with E-state index in [9.17, 15) is 0 Å². The maximum absolute atomic E-state index is 5.87. The Morgan fingerprint density at radius 1 is 1.11 bits per heavy atom. The molecule has 3 rings (SSSR count). The van der Waals surface area contributed by atoms with Gasteiger partial charge in [0.25, 0.3) is 0 Å². The van der Waals surface area contributed by atoms with Crippen LogP contribution in [-0.4, -0.2) is 9.78 Å². The van der Waals surface area contributed by atoms with Crippen molar-refractivity contribution in [3.05, 3.63) is 63.9 Å². The molecule has 4 heteroatoms. The largest absolute Gasteiger partial charge is 0.268 e. The highest BCUT2D eigenvalue weighted by Crippen LogP contribution is 2.20. The summed E-state index contributed by atoms with van der Waals surface area (Å²) >= 11 is 7.55. The van der Waals surface area contributed by atoms with Crippen molar-refractivity contribution in [1.82, 2.24) is 9.78 Å². The second-order valence-corrected chi connectivity index (χ2v) is 5.25. The molecule has 3 aromatic rings. The van der Waals surface area contributed by atoms with Crippen molar-refractivity contribution >= 4 is 22.9 Å². The number of hydrogen-bond donors (Lipinski definition) is 0. The van der Waals surface area contributed by atoms with Crippen LogP contribution in [0.2, 0.25) is 5.02 Å². The first-order valence-corrected chi connectivity index (χ1v) is 6.94. The minimum absolute atomic E-state index is 0.762.